The van der Waals surface area contributed by atoms with Crippen molar-refractivity contribution in [3.05, 3.63) is 34.9 Å². The number of halogens is 1. The highest BCUT2D eigenvalue weighted by Gasteiger charge is 2.24. The monoisotopic (exact) mass is 340 g/mol. The van der Waals surface area contributed by atoms with Crippen molar-refractivity contribution >= 4 is 34.3 Å². The molecular formula is C18H25ClO2S. The van der Waals surface area contributed by atoms with Crippen LogP contribution in [-0.2, 0) is 9.59 Å². The highest BCUT2D eigenvalue weighted by Crippen LogP contribution is 2.32. The molecule has 0 amide bonds. The van der Waals surface area contributed by atoms with Gasteiger partial charge in [0.2, 0.25) is 0 Å². The normalized spacial score (nSPS) is 13.2. The van der Waals surface area contributed by atoms with Gasteiger partial charge in [-0.1, -0.05) is 70.1 Å². The van der Waals surface area contributed by atoms with Gasteiger partial charge in [-0.25, -0.2) is 0 Å². The summed E-state index contributed by atoms with van der Waals surface area (Å²) in [4.78, 5) is 24.4. The van der Waals surface area contributed by atoms with E-state index in [2.05, 4.69) is 0 Å². The van der Waals surface area contributed by atoms with Crippen molar-refractivity contribution in [2.45, 2.75) is 58.1 Å². The van der Waals surface area contributed by atoms with Crippen LogP contribution in [0.5, 0.6) is 0 Å². The van der Waals surface area contributed by atoms with E-state index >= 15 is 0 Å². The molecule has 1 aromatic rings. The van der Waals surface area contributed by atoms with Gasteiger partial charge >= 0.3 is 0 Å². The summed E-state index contributed by atoms with van der Waals surface area (Å²) in [5.74, 6) is 0.100. The molecule has 0 saturated carbocycles. The summed E-state index contributed by atoms with van der Waals surface area (Å²) >= 11 is 7.27. The third-order valence-electron chi connectivity index (χ3n) is 3.27. The first-order chi connectivity index (χ1) is 10.1. The Bertz CT molecular complexity index is 515. The molecule has 0 unspecified atom stereocenters. The Morgan fingerprint density at radius 1 is 1.09 bits per heavy atom. The van der Waals surface area contributed by atoms with E-state index in [0.717, 1.165) is 5.56 Å². The van der Waals surface area contributed by atoms with Crippen LogP contribution in [0.15, 0.2) is 24.3 Å². The van der Waals surface area contributed by atoms with E-state index in [0.29, 0.717) is 17.9 Å². The van der Waals surface area contributed by atoms with Crippen molar-refractivity contribution in [3.8, 4) is 0 Å². The molecule has 1 aromatic carbocycles. The minimum absolute atomic E-state index is 0.0137. The van der Waals surface area contributed by atoms with Gasteiger partial charge in [0.05, 0.1) is 0 Å². The lowest BCUT2D eigenvalue weighted by Crippen LogP contribution is -2.17. The summed E-state index contributed by atoms with van der Waals surface area (Å²) < 4.78 is -0.107. The predicted molar refractivity (Wildman–Crippen MR) is 95.6 cm³/mol. The van der Waals surface area contributed by atoms with Crippen molar-refractivity contribution in [2.24, 2.45) is 5.92 Å². The molecule has 2 nitrogen and oxygen atoms in total. The second-order valence-electron chi connectivity index (χ2n) is 6.86. The molecule has 1 atom stereocenters. The molecule has 122 valence electrons. The van der Waals surface area contributed by atoms with Crippen molar-refractivity contribution in [1.82, 2.24) is 0 Å². The molecule has 1 rings (SSSR count). The Balaban J connectivity index is 2.89. The van der Waals surface area contributed by atoms with Gasteiger partial charge in [0.1, 0.15) is 5.78 Å². The SMILES string of the molecule is CC(C)C(=O)C[C@@H](CC(=O)SC(C)(C)C)c1ccc(Cl)cc1. The fourth-order valence-corrected chi connectivity index (χ4v) is 3.20. The number of ketones is 1. The minimum Gasteiger partial charge on any atom is -0.299 e. The van der Waals surface area contributed by atoms with E-state index in [1.807, 2.05) is 58.9 Å². The van der Waals surface area contributed by atoms with E-state index in [1.165, 1.54) is 11.8 Å². The first-order valence-corrected chi connectivity index (χ1v) is 8.78. The van der Waals surface area contributed by atoms with Crippen LogP contribution in [0.3, 0.4) is 0 Å². The zero-order valence-electron chi connectivity index (χ0n) is 14.0. The van der Waals surface area contributed by atoms with Gasteiger partial charge in [-0.2, -0.15) is 0 Å². The zero-order chi connectivity index (χ0) is 16.9. The molecule has 0 aliphatic heterocycles. The van der Waals surface area contributed by atoms with Crippen molar-refractivity contribution < 1.29 is 9.59 Å². The number of hydrogen-bond donors (Lipinski definition) is 0. The summed E-state index contributed by atoms with van der Waals surface area (Å²) in [6, 6.07) is 7.45. The minimum atomic E-state index is -0.107. The maximum absolute atomic E-state index is 12.3. The molecular weight excluding hydrogens is 316 g/mol. The summed E-state index contributed by atoms with van der Waals surface area (Å²) in [7, 11) is 0. The second kappa shape index (κ2) is 8.16. The van der Waals surface area contributed by atoms with Crippen molar-refractivity contribution in [1.29, 1.82) is 0 Å². The third-order valence-corrected chi connectivity index (χ3v) is 4.52. The van der Waals surface area contributed by atoms with Crippen molar-refractivity contribution in [3.63, 3.8) is 0 Å². The van der Waals surface area contributed by atoms with Crippen LogP contribution in [0.4, 0.5) is 0 Å². The first-order valence-electron chi connectivity index (χ1n) is 7.58. The first kappa shape index (κ1) is 19.2. The molecule has 22 heavy (non-hydrogen) atoms. The van der Waals surface area contributed by atoms with Crippen molar-refractivity contribution in [2.75, 3.05) is 0 Å². The number of carbonyl (C=O) groups is 2. The quantitative estimate of drug-likeness (QED) is 0.686. The molecule has 0 aromatic heterocycles. The van der Waals surface area contributed by atoms with Gasteiger partial charge in [-0.05, 0) is 23.6 Å². The summed E-state index contributed by atoms with van der Waals surface area (Å²) in [5.41, 5.74) is 1.00. The maximum Gasteiger partial charge on any atom is 0.190 e. The molecule has 4 heteroatoms. The molecule has 0 bridgehead atoms. The Labute approximate surface area is 143 Å². The number of Topliss-reactive ketones (excluding diaryl/α,β-unsaturated/α-hetero) is 1. The highest BCUT2D eigenvalue weighted by molar-refractivity contribution is 8.14. The van der Waals surface area contributed by atoms with Crippen LogP contribution < -0.4 is 0 Å². The van der Waals surface area contributed by atoms with Crippen LogP contribution in [0.25, 0.3) is 0 Å². The number of carbonyl (C=O) groups excluding carboxylic acids is 2. The lowest BCUT2D eigenvalue weighted by Gasteiger charge is -2.20. The van der Waals surface area contributed by atoms with E-state index in [1.54, 1.807) is 0 Å². The van der Waals surface area contributed by atoms with E-state index < -0.39 is 0 Å². The average Bonchev–Trinajstić information content (AvgIpc) is 2.36. The molecule has 0 spiro atoms. The summed E-state index contributed by atoms with van der Waals surface area (Å²) in [5, 5.41) is 0.789. The Morgan fingerprint density at radius 3 is 2.09 bits per heavy atom. The molecule has 0 heterocycles. The number of hydrogen-bond acceptors (Lipinski definition) is 3. The van der Waals surface area contributed by atoms with Gasteiger partial charge in [0, 0.05) is 28.5 Å². The number of benzene rings is 1. The molecule has 0 aliphatic rings. The molecule has 0 N–H and O–H groups in total. The number of rotatable bonds is 6. The molecule has 0 aliphatic carbocycles. The van der Waals surface area contributed by atoms with Gasteiger partial charge in [-0.15, -0.1) is 0 Å². The van der Waals surface area contributed by atoms with Gasteiger partial charge in [-0.3, -0.25) is 9.59 Å². The van der Waals surface area contributed by atoms with Crippen LogP contribution in [0, 0.1) is 5.92 Å². The Hall–Kier alpha value is -0.800. The van der Waals surface area contributed by atoms with Gasteiger partial charge in [0.25, 0.3) is 0 Å². The Morgan fingerprint density at radius 2 is 1.64 bits per heavy atom. The van der Waals surface area contributed by atoms with E-state index in [-0.39, 0.29) is 27.5 Å². The van der Waals surface area contributed by atoms with Gasteiger partial charge < -0.3 is 0 Å². The standard InChI is InChI=1S/C18H25ClO2S/c1-12(2)16(20)10-14(11-17(21)22-18(3,4)5)13-6-8-15(19)9-7-13/h6-9,12,14H,10-11H2,1-5H3/t14-/m0/s1. The smallest absolute Gasteiger partial charge is 0.190 e. The van der Waals surface area contributed by atoms with E-state index in [4.69, 9.17) is 11.6 Å². The summed E-state index contributed by atoms with van der Waals surface area (Å²) in [6.07, 6.45) is 0.776. The number of thioether (sulfide) groups is 1. The zero-order valence-corrected chi connectivity index (χ0v) is 15.6. The largest absolute Gasteiger partial charge is 0.299 e. The van der Waals surface area contributed by atoms with Crippen LogP contribution >= 0.6 is 23.4 Å². The molecule has 0 saturated heterocycles. The van der Waals surface area contributed by atoms with Crippen LogP contribution in [0.2, 0.25) is 5.02 Å². The predicted octanol–water partition coefficient (Wildman–Crippen LogP) is 5.49. The lowest BCUT2D eigenvalue weighted by atomic mass is 9.88. The topological polar surface area (TPSA) is 34.1 Å². The fourth-order valence-electron chi connectivity index (χ4n) is 2.11. The molecule has 0 radical (unpaired) electrons. The second-order valence-corrected chi connectivity index (χ2v) is 9.18. The lowest BCUT2D eigenvalue weighted by molar-refractivity contribution is -0.122. The highest BCUT2D eigenvalue weighted by atomic mass is 35.5. The van der Waals surface area contributed by atoms with Crippen LogP contribution in [0.1, 0.15) is 58.9 Å². The summed E-state index contributed by atoms with van der Waals surface area (Å²) in [6.45, 7) is 9.85. The maximum atomic E-state index is 12.3. The fraction of sp³-hybridized carbons (Fsp3) is 0.556. The van der Waals surface area contributed by atoms with Crippen LogP contribution in [-0.4, -0.2) is 15.6 Å². The Kier molecular flexibility index (Phi) is 7.14. The van der Waals surface area contributed by atoms with E-state index in [9.17, 15) is 9.59 Å². The third kappa shape index (κ3) is 6.97. The average molecular weight is 341 g/mol. The molecule has 0 fully saturated rings. The van der Waals surface area contributed by atoms with Gasteiger partial charge in [0.15, 0.2) is 5.12 Å².